The lowest BCUT2D eigenvalue weighted by Gasteiger charge is -2.41. The van der Waals surface area contributed by atoms with E-state index in [1.807, 2.05) is 11.9 Å². The van der Waals surface area contributed by atoms with Gasteiger partial charge in [-0.3, -0.25) is 9.59 Å². The second-order valence-corrected chi connectivity index (χ2v) is 6.89. The minimum Gasteiger partial charge on any atom is -0.342 e. The van der Waals surface area contributed by atoms with Crippen LogP contribution >= 0.6 is 0 Å². The molecular weight excluding hydrogens is 288 g/mol. The summed E-state index contributed by atoms with van der Waals surface area (Å²) < 4.78 is 0. The van der Waals surface area contributed by atoms with E-state index in [0.717, 1.165) is 31.5 Å². The largest absolute Gasteiger partial charge is 0.342 e. The minimum absolute atomic E-state index is 0.112. The van der Waals surface area contributed by atoms with Gasteiger partial charge in [-0.25, -0.2) is 0 Å². The zero-order valence-corrected chi connectivity index (χ0v) is 14.1. The monoisotopic (exact) mass is 314 g/mol. The maximum absolute atomic E-state index is 13.0. The average Bonchev–Trinajstić information content (AvgIpc) is 2.58. The minimum atomic E-state index is -0.133. The van der Waals surface area contributed by atoms with E-state index in [0.29, 0.717) is 12.8 Å². The maximum Gasteiger partial charge on any atom is 0.228 e. The summed E-state index contributed by atoms with van der Waals surface area (Å²) in [7, 11) is 1.84. The summed E-state index contributed by atoms with van der Waals surface area (Å²) in [6.07, 6.45) is 4.55. The van der Waals surface area contributed by atoms with Crippen molar-refractivity contribution in [3.05, 3.63) is 35.4 Å². The van der Waals surface area contributed by atoms with Crippen LogP contribution in [-0.4, -0.2) is 41.8 Å². The van der Waals surface area contributed by atoms with Crippen LogP contribution in [0.2, 0.25) is 0 Å². The van der Waals surface area contributed by atoms with Gasteiger partial charge in [-0.1, -0.05) is 29.8 Å². The van der Waals surface area contributed by atoms with Gasteiger partial charge in [-0.2, -0.15) is 0 Å². The number of amides is 2. The molecule has 4 nitrogen and oxygen atoms in total. The summed E-state index contributed by atoms with van der Waals surface area (Å²) in [4.78, 5) is 29.0. The van der Waals surface area contributed by atoms with E-state index in [1.165, 1.54) is 12.0 Å². The molecule has 2 aliphatic rings. The Morgan fingerprint density at radius 1 is 1.09 bits per heavy atom. The van der Waals surface area contributed by atoms with Crippen LogP contribution in [0.5, 0.6) is 0 Å². The molecule has 0 aliphatic carbocycles. The molecule has 23 heavy (non-hydrogen) atoms. The normalized spacial score (nSPS) is 25.6. The maximum atomic E-state index is 13.0. The molecule has 1 aromatic rings. The Morgan fingerprint density at radius 3 is 2.39 bits per heavy atom. The number of carbonyl (C=O) groups excluding carboxylic acids is 2. The van der Waals surface area contributed by atoms with E-state index in [-0.39, 0.29) is 23.8 Å². The van der Waals surface area contributed by atoms with Crippen LogP contribution in [0.25, 0.3) is 0 Å². The number of aryl methyl sites for hydroxylation is 1. The Labute approximate surface area is 138 Å². The Balaban J connectivity index is 1.87. The van der Waals surface area contributed by atoms with Gasteiger partial charge in [-0.05, 0) is 38.2 Å². The molecule has 3 rings (SSSR count). The number of nitrogens with zero attached hydrogens (tertiary/aromatic N) is 2. The number of rotatable bonds is 2. The summed E-state index contributed by atoms with van der Waals surface area (Å²) in [6.45, 7) is 3.79. The number of benzene rings is 1. The lowest BCUT2D eigenvalue weighted by atomic mass is 9.83. The number of carbonyl (C=O) groups is 2. The van der Waals surface area contributed by atoms with Crippen molar-refractivity contribution in [3.63, 3.8) is 0 Å². The van der Waals surface area contributed by atoms with Crippen LogP contribution in [-0.2, 0) is 9.59 Å². The number of likely N-dealkylation sites (tertiary alicyclic amines) is 2. The molecule has 0 aromatic heterocycles. The first-order valence-electron chi connectivity index (χ1n) is 8.69. The third kappa shape index (κ3) is 3.26. The first kappa shape index (κ1) is 16.0. The van der Waals surface area contributed by atoms with Crippen molar-refractivity contribution < 1.29 is 9.59 Å². The van der Waals surface area contributed by atoms with Gasteiger partial charge in [-0.15, -0.1) is 0 Å². The highest BCUT2D eigenvalue weighted by atomic mass is 16.2. The van der Waals surface area contributed by atoms with E-state index in [2.05, 4.69) is 31.2 Å². The summed E-state index contributed by atoms with van der Waals surface area (Å²) in [6, 6.07) is 8.11. The van der Waals surface area contributed by atoms with Gasteiger partial charge < -0.3 is 9.80 Å². The highest BCUT2D eigenvalue weighted by Crippen LogP contribution is 2.37. The SMILES string of the molecule is Cc1ccc([C@H]2[C@H](C(=O)N3CCCCC3)CCC(=O)N2C)cc1. The Hall–Kier alpha value is -1.84. The Bertz CT molecular complexity index is 576. The van der Waals surface area contributed by atoms with Crippen LogP contribution < -0.4 is 0 Å². The molecule has 4 heteroatoms. The molecular formula is C19H26N2O2. The van der Waals surface area contributed by atoms with Crippen molar-refractivity contribution in [3.8, 4) is 0 Å². The first-order valence-corrected chi connectivity index (χ1v) is 8.69. The van der Waals surface area contributed by atoms with Crippen molar-refractivity contribution in [2.24, 2.45) is 5.92 Å². The zero-order chi connectivity index (χ0) is 16.4. The Kier molecular flexibility index (Phi) is 4.69. The highest BCUT2D eigenvalue weighted by Gasteiger charge is 2.40. The second-order valence-electron chi connectivity index (χ2n) is 6.89. The lowest BCUT2D eigenvalue weighted by Crippen LogP contribution is -2.48. The Morgan fingerprint density at radius 2 is 1.74 bits per heavy atom. The van der Waals surface area contributed by atoms with Crippen LogP contribution in [0.3, 0.4) is 0 Å². The summed E-state index contributed by atoms with van der Waals surface area (Å²) in [5.74, 6) is 0.256. The molecule has 2 atom stereocenters. The average molecular weight is 314 g/mol. The smallest absolute Gasteiger partial charge is 0.228 e. The van der Waals surface area contributed by atoms with Gasteiger partial charge in [0.2, 0.25) is 11.8 Å². The topological polar surface area (TPSA) is 40.6 Å². The molecule has 0 unspecified atom stereocenters. The van der Waals surface area contributed by atoms with Crippen LogP contribution in [0.1, 0.15) is 49.3 Å². The third-order valence-electron chi connectivity index (χ3n) is 5.26. The van der Waals surface area contributed by atoms with E-state index in [4.69, 9.17) is 0 Å². The molecule has 0 radical (unpaired) electrons. The van der Waals surface area contributed by atoms with E-state index in [9.17, 15) is 9.59 Å². The van der Waals surface area contributed by atoms with Gasteiger partial charge in [0.05, 0.1) is 12.0 Å². The molecule has 2 heterocycles. The third-order valence-corrected chi connectivity index (χ3v) is 5.26. The zero-order valence-electron chi connectivity index (χ0n) is 14.1. The summed E-state index contributed by atoms with van der Waals surface area (Å²) in [5.41, 5.74) is 2.26. The molecule has 2 amide bonds. The summed E-state index contributed by atoms with van der Waals surface area (Å²) in [5, 5.41) is 0. The van der Waals surface area contributed by atoms with Crippen molar-refractivity contribution in [1.82, 2.24) is 9.80 Å². The van der Waals surface area contributed by atoms with Gasteiger partial charge in [0.1, 0.15) is 0 Å². The van der Waals surface area contributed by atoms with Crippen molar-refractivity contribution >= 4 is 11.8 Å². The molecule has 2 fully saturated rings. The highest BCUT2D eigenvalue weighted by molar-refractivity contribution is 5.85. The molecule has 0 bridgehead atoms. The van der Waals surface area contributed by atoms with Crippen molar-refractivity contribution in [2.45, 2.75) is 45.1 Å². The molecule has 0 spiro atoms. The predicted molar refractivity (Wildman–Crippen MR) is 89.8 cm³/mol. The van der Waals surface area contributed by atoms with Crippen LogP contribution in [0.4, 0.5) is 0 Å². The van der Waals surface area contributed by atoms with E-state index < -0.39 is 0 Å². The second kappa shape index (κ2) is 6.73. The number of hydrogen-bond donors (Lipinski definition) is 0. The predicted octanol–water partition coefficient (Wildman–Crippen LogP) is 2.92. The van der Waals surface area contributed by atoms with Gasteiger partial charge in [0.15, 0.2) is 0 Å². The fourth-order valence-corrected chi connectivity index (χ4v) is 3.87. The number of hydrogen-bond acceptors (Lipinski definition) is 2. The first-order chi connectivity index (χ1) is 11.1. The molecule has 2 aliphatic heterocycles. The quantitative estimate of drug-likeness (QED) is 0.842. The van der Waals surface area contributed by atoms with E-state index >= 15 is 0 Å². The molecule has 1 aromatic carbocycles. The standard InChI is InChI=1S/C19H26N2O2/c1-14-6-8-15(9-7-14)18-16(10-11-17(22)20(18)2)19(23)21-12-4-3-5-13-21/h6-9,16,18H,3-5,10-13H2,1-2H3/t16-,18+/m1/s1. The van der Waals surface area contributed by atoms with E-state index in [1.54, 1.807) is 4.90 Å². The lowest BCUT2D eigenvalue weighted by molar-refractivity contribution is -0.147. The molecule has 0 saturated carbocycles. The van der Waals surface area contributed by atoms with Gasteiger partial charge >= 0.3 is 0 Å². The van der Waals surface area contributed by atoms with Crippen LogP contribution in [0, 0.1) is 12.8 Å². The van der Waals surface area contributed by atoms with Crippen molar-refractivity contribution in [1.29, 1.82) is 0 Å². The fraction of sp³-hybridized carbons (Fsp3) is 0.579. The van der Waals surface area contributed by atoms with Crippen LogP contribution in [0.15, 0.2) is 24.3 Å². The van der Waals surface area contributed by atoms with Crippen molar-refractivity contribution in [2.75, 3.05) is 20.1 Å². The number of piperidine rings is 2. The molecule has 0 N–H and O–H groups in total. The van der Waals surface area contributed by atoms with Gasteiger partial charge in [0, 0.05) is 26.6 Å². The summed E-state index contributed by atoms with van der Waals surface area (Å²) >= 11 is 0. The molecule has 2 saturated heterocycles. The fourth-order valence-electron chi connectivity index (χ4n) is 3.87. The van der Waals surface area contributed by atoms with Gasteiger partial charge in [0.25, 0.3) is 0 Å². The molecule has 124 valence electrons.